The number of rotatable bonds is 4. The molecule has 0 fully saturated rings. The van der Waals surface area contributed by atoms with Crippen molar-refractivity contribution in [2.75, 3.05) is 11.9 Å². The van der Waals surface area contributed by atoms with E-state index in [9.17, 15) is 9.59 Å². The van der Waals surface area contributed by atoms with Gasteiger partial charge in [0.25, 0.3) is 5.91 Å². The predicted molar refractivity (Wildman–Crippen MR) is 143 cm³/mol. The highest BCUT2D eigenvalue weighted by Crippen LogP contribution is 2.41. The Labute approximate surface area is 215 Å². The van der Waals surface area contributed by atoms with E-state index < -0.39 is 11.7 Å². The summed E-state index contributed by atoms with van der Waals surface area (Å²) in [6.45, 7) is 10.3. The Morgan fingerprint density at radius 3 is 2.51 bits per heavy atom. The molecule has 0 unspecified atom stereocenters. The lowest BCUT2D eigenvalue weighted by molar-refractivity contribution is 0.0523. The number of carbonyl (C=O) groups is 2. The first-order valence-corrected chi connectivity index (χ1v) is 12.9. The molecule has 2 heterocycles. The van der Waals surface area contributed by atoms with Gasteiger partial charge in [-0.15, -0.1) is 11.3 Å². The molecular weight excluding hydrogens is 484 g/mol. The Balaban J connectivity index is 0.00000167. The van der Waals surface area contributed by atoms with Crippen LogP contribution < -0.4 is 15.4 Å². The molecule has 0 atom stereocenters. The van der Waals surface area contributed by atoms with Gasteiger partial charge in [-0.2, -0.15) is 0 Å². The van der Waals surface area contributed by atoms with Gasteiger partial charge in [0.15, 0.2) is 0 Å². The molecule has 2 aromatic carbocycles. The monoisotopic (exact) mass is 514 g/mol. The number of alkyl carbamates (subject to hydrolysis) is 1. The molecule has 35 heavy (non-hydrogen) atoms. The number of benzene rings is 2. The number of fused-ring (bicyclic) bond motifs is 3. The van der Waals surface area contributed by atoms with E-state index >= 15 is 0 Å². The quantitative estimate of drug-likeness (QED) is 0.382. The highest BCUT2D eigenvalue weighted by molar-refractivity contribution is 7.13. The zero-order chi connectivity index (χ0) is 25.6. The standard InChI is InChI=1S/C25H25ClN2O4S.C2H6/c1-25(2,3)32-24(30)27-14-15-4-6-17(7-5-15)28-23(29)18-12-19-21(13-20(18)26)31-10-8-16-9-11-33-22(16)19;1-2/h4-7,9,11-13H,8,10,14H2,1-3H3,(H,27,30)(H,28,29);1-2H3. The van der Waals surface area contributed by atoms with Crippen molar-refractivity contribution in [1.82, 2.24) is 5.32 Å². The van der Waals surface area contributed by atoms with Gasteiger partial charge < -0.3 is 20.1 Å². The molecule has 2 N–H and O–H groups in total. The van der Waals surface area contributed by atoms with Crippen LogP contribution in [0.3, 0.4) is 0 Å². The van der Waals surface area contributed by atoms with Crippen molar-refractivity contribution in [2.45, 2.75) is 53.2 Å². The summed E-state index contributed by atoms with van der Waals surface area (Å²) < 4.78 is 11.1. The molecule has 0 bridgehead atoms. The first kappa shape index (κ1) is 26.6. The largest absolute Gasteiger partial charge is 0.493 e. The number of carbonyl (C=O) groups excluding carboxylic acids is 2. The Hall–Kier alpha value is -3.03. The molecule has 1 aliphatic rings. The number of anilines is 1. The maximum Gasteiger partial charge on any atom is 0.407 e. The minimum Gasteiger partial charge on any atom is -0.493 e. The summed E-state index contributed by atoms with van der Waals surface area (Å²) in [6, 6.07) is 12.8. The van der Waals surface area contributed by atoms with Gasteiger partial charge in [0.2, 0.25) is 0 Å². The SMILES string of the molecule is CC.CC(C)(C)OC(=O)NCc1ccc(NC(=O)c2cc3c(cc2Cl)OCCc2ccsc2-3)cc1. The lowest BCUT2D eigenvalue weighted by Crippen LogP contribution is -2.32. The van der Waals surface area contributed by atoms with E-state index in [1.165, 1.54) is 5.56 Å². The molecule has 0 spiro atoms. The molecule has 1 aromatic heterocycles. The fourth-order valence-corrected chi connectivity index (χ4v) is 4.67. The van der Waals surface area contributed by atoms with E-state index in [2.05, 4.69) is 16.7 Å². The molecule has 3 aromatic rings. The van der Waals surface area contributed by atoms with Gasteiger partial charge in [-0.05, 0) is 61.5 Å². The zero-order valence-electron chi connectivity index (χ0n) is 20.7. The van der Waals surface area contributed by atoms with Crippen molar-refractivity contribution in [3.05, 3.63) is 69.6 Å². The van der Waals surface area contributed by atoms with E-state index in [-0.39, 0.29) is 5.91 Å². The Morgan fingerprint density at radius 2 is 1.83 bits per heavy atom. The number of thiophene rings is 1. The van der Waals surface area contributed by atoms with Crippen LogP contribution in [-0.2, 0) is 17.7 Å². The third-order valence-electron chi connectivity index (χ3n) is 4.98. The van der Waals surface area contributed by atoms with E-state index in [4.69, 9.17) is 21.1 Å². The minimum atomic E-state index is -0.549. The highest BCUT2D eigenvalue weighted by Gasteiger charge is 2.22. The molecule has 0 aliphatic carbocycles. The van der Waals surface area contributed by atoms with Crippen molar-refractivity contribution in [2.24, 2.45) is 0 Å². The van der Waals surface area contributed by atoms with Crippen LogP contribution in [0.5, 0.6) is 5.75 Å². The summed E-state index contributed by atoms with van der Waals surface area (Å²) in [6.07, 6.45) is 0.345. The van der Waals surface area contributed by atoms with Gasteiger partial charge in [-0.3, -0.25) is 4.79 Å². The van der Waals surface area contributed by atoms with Gasteiger partial charge in [-0.25, -0.2) is 4.79 Å². The predicted octanol–water partition coefficient (Wildman–Crippen LogP) is 7.31. The second-order valence-electron chi connectivity index (χ2n) is 8.71. The summed E-state index contributed by atoms with van der Waals surface area (Å²) >= 11 is 8.06. The van der Waals surface area contributed by atoms with Crippen LogP contribution in [0.1, 0.15) is 56.1 Å². The van der Waals surface area contributed by atoms with E-state index in [1.807, 2.05) is 52.1 Å². The number of hydrogen-bond donors (Lipinski definition) is 2. The van der Waals surface area contributed by atoms with E-state index in [0.29, 0.717) is 35.2 Å². The summed E-state index contributed by atoms with van der Waals surface area (Å²) in [5.74, 6) is 0.393. The van der Waals surface area contributed by atoms with Gasteiger partial charge in [0.05, 0.1) is 17.2 Å². The average molecular weight is 515 g/mol. The molecule has 4 rings (SSSR count). The topological polar surface area (TPSA) is 76.7 Å². The first-order chi connectivity index (χ1) is 16.7. The van der Waals surface area contributed by atoms with Gasteiger partial charge in [0, 0.05) is 35.2 Å². The lowest BCUT2D eigenvalue weighted by atomic mass is 10.0. The number of hydrogen-bond acceptors (Lipinski definition) is 5. The second kappa shape index (κ2) is 11.6. The fourth-order valence-electron chi connectivity index (χ4n) is 3.46. The molecule has 1 aliphatic heterocycles. The van der Waals surface area contributed by atoms with Crippen LogP contribution in [-0.4, -0.2) is 24.2 Å². The van der Waals surface area contributed by atoms with Crippen molar-refractivity contribution < 1.29 is 19.1 Å². The Bertz CT molecular complexity index is 1180. The fraction of sp³-hybridized carbons (Fsp3) is 0.333. The Morgan fingerprint density at radius 1 is 1.11 bits per heavy atom. The normalized spacial score (nSPS) is 12.1. The van der Waals surface area contributed by atoms with Crippen molar-refractivity contribution >= 4 is 40.6 Å². The molecule has 8 heteroatoms. The Kier molecular flexibility index (Phi) is 8.81. The lowest BCUT2D eigenvalue weighted by Gasteiger charge is -2.19. The summed E-state index contributed by atoms with van der Waals surface area (Å²) in [4.78, 5) is 25.9. The summed E-state index contributed by atoms with van der Waals surface area (Å²) in [5, 5.41) is 7.99. The van der Waals surface area contributed by atoms with Crippen LogP contribution in [0, 0.1) is 0 Å². The third kappa shape index (κ3) is 6.99. The van der Waals surface area contributed by atoms with Crippen molar-refractivity contribution in [1.29, 1.82) is 0 Å². The number of ether oxygens (including phenoxy) is 2. The van der Waals surface area contributed by atoms with Crippen LogP contribution in [0.4, 0.5) is 10.5 Å². The summed E-state index contributed by atoms with van der Waals surface area (Å²) in [5.41, 5.74) is 3.44. The van der Waals surface area contributed by atoms with Gasteiger partial charge in [-0.1, -0.05) is 37.6 Å². The molecule has 6 nitrogen and oxygen atoms in total. The molecule has 0 saturated heterocycles. The maximum atomic E-state index is 13.0. The highest BCUT2D eigenvalue weighted by atomic mass is 35.5. The first-order valence-electron chi connectivity index (χ1n) is 11.6. The molecule has 0 saturated carbocycles. The minimum absolute atomic E-state index is 0.301. The average Bonchev–Trinajstić information content (AvgIpc) is 3.20. The summed E-state index contributed by atoms with van der Waals surface area (Å²) in [7, 11) is 0. The zero-order valence-corrected chi connectivity index (χ0v) is 22.2. The van der Waals surface area contributed by atoms with E-state index in [1.54, 1.807) is 35.6 Å². The number of halogens is 1. The third-order valence-corrected chi connectivity index (χ3v) is 6.28. The number of amides is 2. The molecule has 0 radical (unpaired) electrons. The van der Waals surface area contributed by atoms with Gasteiger partial charge in [0.1, 0.15) is 11.4 Å². The smallest absolute Gasteiger partial charge is 0.407 e. The maximum absolute atomic E-state index is 13.0. The van der Waals surface area contributed by atoms with Crippen molar-refractivity contribution in [3.8, 4) is 16.2 Å². The number of nitrogens with one attached hydrogen (secondary N) is 2. The van der Waals surface area contributed by atoms with Gasteiger partial charge >= 0.3 is 6.09 Å². The van der Waals surface area contributed by atoms with E-state index in [0.717, 1.165) is 22.4 Å². The molecular formula is C27H31ClN2O4S. The van der Waals surface area contributed by atoms with Crippen LogP contribution in [0.15, 0.2) is 47.8 Å². The second-order valence-corrected chi connectivity index (χ2v) is 10.0. The molecule has 2 amide bonds. The van der Waals surface area contributed by atoms with Crippen LogP contribution >= 0.6 is 22.9 Å². The molecule has 186 valence electrons. The van der Waals surface area contributed by atoms with Crippen LogP contribution in [0.2, 0.25) is 5.02 Å². The van der Waals surface area contributed by atoms with Crippen LogP contribution in [0.25, 0.3) is 10.4 Å². The van der Waals surface area contributed by atoms with Crippen molar-refractivity contribution in [3.63, 3.8) is 0 Å².